The molecule has 1 amide bonds. The van der Waals surface area contributed by atoms with Gasteiger partial charge in [0.1, 0.15) is 0 Å². The molecule has 0 unspecified atom stereocenters. The van der Waals surface area contributed by atoms with Crippen LogP contribution in [0.15, 0.2) is 17.1 Å². The van der Waals surface area contributed by atoms with E-state index in [1.54, 1.807) is 18.3 Å². The zero-order valence-corrected chi connectivity index (χ0v) is 13.9. The standard InChI is InChI=1S/C15H24N4OS/c1-4-16-15(17-11-14-6-5-12(2)21-14)19-9-7-18(8-10-19)13(3)20/h5-6H,4,7-11H2,1-3H3,(H,16,17). The fraction of sp³-hybridized carbons (Fsp3) is 0.600. The maximum absolute atomic E-state index is 11.4. The first-order chi connectivity index (χ1) is 10.1. The molecule has 21 heavy (non-hydrogen) atoms. The molecule has 0 aromatic carbocycles. The molecule has 0 radical (unpaired) electrons. The minimum Gasteiger partial charge on any atom is -0.357 e. The van der Waals surface area contributed by atoms with E-state index >= 15 is 0 Å². The summed E-state index contributed by atoms with van der Waals surface area (Å²) in [5.74, 6) is 1.11. The van der Waals surface area contributed by atoms with Crippen molar-refractivity contribution in [1.29, 1.82) is 0 Å². The van der Waals surface area contributed by atoms with Gasteiger partial charge in [0, 0.05) is 49.4 Å². The number of carbonyl (C=O) groups is 1. The minimum absolute atomic E-state index is 0.158. The largest absolute Gasteiger partial charge is 0.357 e. The fourth-order valence-corrected chi connectivity index (χ4v) is 3.20. The Morgan fingerprint density at radius 1 is 1.29 bits per heavy atom. The summed E-state index contributed by atoms with van der Waals surface area (Å²) in [7, 11) is 0. The molecule has 1 aromatic heterocycles. The minimum atomic E-state index is 0.158. The molecule has 0 bridgehead atoms. The fourth-order valence-electron chi connectivity index (χ4n) is 2.38. The van der Waals surface area contributed by atoms with Crippen LogP contribution in [0.25, 0.3) is 0 Å². The van der Waals surface area contributed by atoms with Crippen molar-refractivity contribution in [1.82, 2.24) is 15.1 Å². The number of rotatable bonds is 3. The molecule has 1 aliphatic rings. The third-order valence-electron chi connectivity index (χ3n) is 3.54. The van der Waals surface area contributed by atoms with Gasteiger partial charge in [-0.25, -0.2) is 4.99 Å². The van der Waals surface area contributed by atoms with E-state index in [1.165, 1.54) is 9.75 Å². The second kappa shape index (κ2) is 7.45. The number of amides is 1. The number of guanidine groups is 1. The van der Waals surface area contributed by atoms with Crippen molar-refractivity contribution in [3.8, 4) is 0 Å². The second-order valence-corrected chi connectivity index (χ2v) is 6.55. The molecule has 2 rings (SSSR count). The summed E-state index contributed by atoms with van der Waals surface area (Å²) in [5, 5.41) is 3.35. The van der Waals surface area contributed by atoms with Gasteiger partial charge in [0.25, 0.3) is 0 Å². The topological polar surface area (TPSA) is 47.9 Å². The molecular weight excluding hydrogens is 284 g/mol. The van der Waals surface area contributed by atoms with E-state index in [0.29, 0.717) is 6.54 Å². The number of piperazine rings is 1. The zero-order chi connectivity index (χ0) is 15.2. The van der Waals surface area contributed by atoms with Crippen LogP contribution in [0.3, 0.4) is 0 Å². The second-order valence-electron chi connectivity index (χ2n) is 5.18. The number of aliphatic imine (C=N–C) groups is 1. The average Bonchev–Trinajstić information content (AvgIpc) is 2.89. The molecule has 6 heteroatoms. The molecule has 0 atom stereocenters. The highest BCUT2D eigenvalue weighted by Crippen LogP contribution is 2.16. The van der Waals surface area contributed by atoms with E-state index in [1.807, 2.05) is 4.90 Å². The number of thiophene rings is 1. The maximum atomic E-state index is 11.4. The van der Waals surface area contributed by atoms with E-state index in [-0.39, 0.29) is 5.91 Å². The van der Waals surface area contributed by atoms with E-state index in [0.717, 1.165) is 38.7 Å². The number of aryl methyl sites for hydroxylation is 1. The average molecular weight is 308 g/mol. The first kappa shape index (κ1) is 15.8. The molecule has 5 nitrogen and oxygen atoms in total. The van der Waals surface area contributed by atoms with Crippen molar-refractivity contribution in [2.24, 2.45) is 4.99 Å². The summed E-state index contributed by atoms with van der Waals surface area (Å²) < 4.78 is 0. The normalized spacial score (nSPS) is 16.2. The third kappa shape index (κ3) is 4.46. The van der Waals surface area contributed by atoms with Crippen molar-refractivity contribution >= 4 is 23.2 Å². The van der Waals surface area contributed by atoms with Crippen molar-refractivity contribution in [3.63, 3.8) is 0 Å². The summed E-state index contributed by atoms with van der Waals surface area (Å²) in [6, 6.07) is 4.27. The van der Waals surface area contributed by atoms with Crippen LogP contribution in [0, 0.1) is 6.92 Å². The van der Waals surface area contributed by atoms with Gasteiger partial charge in [-0.3, -0.25) is 4.79 Å². The number of nitrogens with one attached hydrogen (secondary N) is 1. The lowest BCUT2D eigenvalue weighted by Gasteiger charge is -2.36. The Kier molecular flexibility index (Phi) is 5.61. The SMILES string of the molecule is CCNC(=NCc1ccc(C)s1)N1CCN(C(C)=O)CC1. The molecular formula is C15H24N4OS. The van der Waals surface area contributed by atoms with Gasteiger partial charge >= 0.3 is 0 Å². The smallest absolute Gasteiger partial charge is 0.219 e. The van der Waals surface area contributed by atoms with Gasteiger partial charge in [0.05, 0.1) is 6.54 Å². The Labute approximate surface area is 130 Å². The van der Waals surface area contributed by atoms with Gasteiger partial charge in [-0.2, -0.15) is 0 Å². The first-order valence-electron chi connectivity index (χ1n) is 7.44. The molecule has 2 heterocycles. The van der Waals surface area contributed by atoms with Crippen LogP contribution in [-0.4, -0.2) is 54.4 Å². The predicted molar refractivity (Wildman–Crippen MR) is 87.7 cm³/mol. The van der Waals surface area contributed by atoms with Crippen LogP contribution in [-0.2, 0) is 11.3 Å². The van der Waals surface area contributed by atoms with E-state index in [4.69, 9.17) is 4.99 Å². The van der Waals surface area contributed by atoms with Crippen LogP contribution in [0.2, 0.25) is 0 Å². The highest BCUT2D eigenvalue weighted by Gasteiger charge is 2.20. The van der Waals surface area contributed by atoms with E-state index in [9.17, 15) is 4.79 Å². The molecule has 0 saturated carbocycles. The summed E-state index contributed by atoms with van der Waals surface area (Å²) >= 11 is 1.79. The molecule has 1 saturated heterocycles. The van der Waals surface area contributed by atoms with Crippen LogP contribution in [0.4, 0.5) is 0 Å². The van der Waals surface area contributed by atoms with Crippen LogP contribution < -0.4 is 5.32 Å². The van der Waals surface area contributed by atoms with Crippen molar-refractivity contribution in [3.05, 3.63) is 21.9 Å². The van der Waals surface area contributed by atoms with Gasteiger partial charge in [-0.15, -0.1) is 11.3 Å². The number of hydrogen-bond acceptors (Lipinski definition) is 3. The number of carbonyl (C=O) groups excluding carboxylic acids is 1. The summed E-state index contributed by atoms with van der Waals surface area (Å²) in [4.78, 5) is 22.8. The lowest BCUT2D eigenvalue weighted by atomic mass is 10.3. The van der Waals surface area contributed by atoms with Crippen molar-refractivity contribution in [2.75, 3.05) is 32.7 Å². The van der Waals surface area contributed by atoms with Crippen molar-refractivity contribution in [2.45, 2.75) is 27.3 Å². The molecule has 116 valence electrons. The van der Waals surface area contributed by atoms with Gasteiger partial charge in [0.2, 0.25) is 5.91 Å². The molecule has 0 aliphatic carbocycles. The summed E-state index contributed by atoms with van der Waals surface area (Å²) in [6.07, 6.45) is 0. The van der Waals surface area contributed by atoms with Gasteiger partial charge in [-0.1, -0.05) is 0 Å². The summed E-state index contributed by atoms with van der Waals surface area (Å²) in [5.41, 5.74) is 0. The van der Waals surface area contributed by atoms with Crippen molar-refractivity contribution < 1.29 is 4.79 Å². The van der Waals surface area contributed by atoms with E-state index < -0.39 is 0 Å². The monoisotopic (exact) mass is 308 g/mol. The Balaban J connectivity index is 1.97. The van der Waals surface area contributed by atoms with E-state index in [2.05, 4.69) is 36.2 Å². The van der Waals surface area contributed by atoms with Gasteiger partial charge < -0.3 is 15.1 Å². The Morgan fingerprint density at radius 2 is 1.95 bits per heavy atom. The zero-order valence-electron chi connectivity index (χ0n) is 13.1. The molecule has 1 aromatic rings. The molecule has 1 N–H and O–H groups in total. The molecule has 1 aliphatic heterocycles. The number of hydrogen-bond donors (Lipinski definition) is 1. The highest BCUT2D eigenvalue weighted by molar-refractivity contribution is 7.11. The van der Waals surface area contributed by atoms with Gasteiger partial charge in [0.15, 0.2) is 5.96 Å². The third-order valence-corrected chi connectivity index (χ3v) is 4.53. The Morgan fingerprint density at radius 3 is 2.48 bits per heavy atom. The lowest BCUT2D eigenvalue weighted by molar-refractivity contribution is -0.130. The molecule has 1 fully saturated rings. The molecule has 0 spiro atoms. The Hall–Kier alpha value is -1.56. The van der Waals surface area contributed by atoms with Crippen LogP contribution in [0.5, 0.6) is 0 Å². The van der Waals surface area contributed by atoms with Crippen LogP contribution >= 0.6 is 11.3 Å². The number of nitrogens with zero attached hydrogens (tertiary/aromatic N) is 3. The maximum Gasteiger partial charge on any atom is 0.219 e. The lowest BCUT2D eigenvalue weighted by Crippen LogP contribution is -2.53. The first-order valence-corrected chi connectivity index (χ1v) is 8.26. The predicted octanol–water partition coefficient (Wildman–Crippen LogP) is 1.69. The van der Waals surface area contributed by atoms with Gasteiger partial charge in [-0.05, 0) is 26.0 Å². The van der Waals surface area contributed by atoms with Crippen LogP contribution in [0.1, 0.15) is 23.6 Å². The Bertz CT molecular complexity index is 504. The summed E-state index contributed by atoms with van der Waals surface area (Å²) in [6.45, 7) is 10.6. The highest BCUT2D eigenvalue weighted by atomic mass is 32.1. The quantitative estimate of drug-likeness (QED) is 0.683.